The third kappa shape index (κ3) is 5.67. The Morgan fingerprint density at radius 1 is 1.33 bits per heavy atom. The van der Waals surface area contributed by atoms with Gasteiger partial charge in [0.25, 0.3) is 0 Å². The SMILES string of the molecule is CC(CCC(=O)O)NC(=O)Nc1ccc(Br)cc1. The van der Waals surface area contributed by atoms with Crippen molar-refractivity contribution in [2.75, 3.05) is 5.32 Å². The van der Waals surface area contributed by atoms with E-state index in [2.05, 4.69) is 26.6 Å². The van der Waals surface area contributed by atoms with Crippen LogP contribution in [0.15, 0.2) is 28.7 Å². The van der Waals surface area contributed by atoms with Crippen molar-refractivity contribution < 1.29 is 14.7 Å². The van der Waals surface area contributed by atoms with Gasteiger partial charge in [-0.3, -0.25) is 4.79 Å². The van der Waals surface area contributed by atoms with Gasteiger partial charge in [0.15, 0.2) is 0 Å². The van der Waals surface area contributed by atoms with Crippen molar-refractivity contribution in [2.24, 2.45) is 0 Å². The van der Waals surface area contributed by atoms with Crippen molar-refractivity contribution in [1.29, 1.82) is 0 Å². The van der Waals surface area contributed by atoms with Crippen molar-refractivity contribution in [2.45, 2.75) is 25.8 Å². The summed E-state index contributed by atoms with van der Waals surface area (Å²) < 4.78 is 0.934. The molecular formula is C12H15BrN2O3. The lowest BCUT2D eigenvalue weighted by molar-refractivity contribution is -0.137. The fraction of sp³-hybridized carbons (Fsp3) is 0.333. The van der Waals surface area contributed by atoms with Crippen LogP contribution in [0, 0.1) is 0 Å². The number of halogens is 1. The molecule has 6 heteroatoms. The second-order valence-corrected chi connectivity index (χ2v) is 4.85. The molecule has 0 saturated carbocycles. The molecule has 0 aliphatic rings. The molecule has 1 atom stereocenters. The van der Waals surface area contributed by atoms with E-state index in [1.54, 1.807) is 19.1 Å². The minimum absolute atomic E-state index is 0.0414. The largest absolute Gasteiger partial charge is 0.481 e. The number of hydrogen-bond acceptors (Lipinski definition) is 2. The quantitative estimate of drug-likeness (QED) is 0.782. The van der Waals surface area contributed by atoms with E-state index in [4.69, 9.17) is 5.11 Å². The number of carboxylic acids is 1. The van der Waals surface area contributed by atoms with E-state index in [-0.39, 0.29) is 18.5 Å². The van der Waals surface area contributed by atoms with Gasteiger partial charge in [0.05, 0.1) is 0 Å². The number of benzene rings is 1. The van der Waals surface area contributed by atoms with E-state index < -0.39 is 5.97 Å². The van der Waals surface area contributed by atoms with Crippen molar-refractivity contribution in [3.05, 3.63) is 28.7 Å². The van der Waals surface area contributed by atoms with Crippen LogP contribution in [0.1, 0.15) is 19.8 Å². The van der Waals surface area contributed by atoms with Crippen molar-refractivity contribution in [3.63, 3.8) is 0 Å². The molecule has 0 aromatic heterocycles. The number of nitrogens with one attached hydrogen (secondary N) is 2. The zero-order chi connectivity index (χ0) is 13.5. The number of anilines is 1. The first kappa shape index (κ1) is 14.5. The Kier molecular flexibility index (Phi) is 5.64. The maximum Gasteiger partial charge on any atom is 0.319 e. The first-order chi connectivity index (χ1) is 8.47. The molecule has 3 N–H and O–H groups in total. The van der Waals surface area contributed by atoms with E-state index in [1.807, 2.05) is 12.1 Å². The summed E-state index contributed by atoms with van der Waals surface area (Å²) in [6.07, 6.45) is 0.447. The lowest BCUT2D eigenvalue weighted by Gasteiger charge is -2.13. The van der Waals surface area contributed by atoms with E-state index in [9.17, 15) is 9.59 Å². The van der Waals surface area contributed by atoms with Gasteiger partial charge in [0.2, 0.25) is 0 Å². The highest BCUT2D eigenvalue weighted by atomic mass is 79.9. The van der Waals surface area contributed by atoms with Crippen LogP contribution < -0.4 is 10.6 Å². The molecule has 0 spiro atoms. The van der Waals surface area contributed by atoms with Crippen LogP contribution in [-0.2, 0) is 4.79 Å². The number of carboxylic acid groups (broad SMARTS) is 1. The summed E-state index contributed by atoms with van der Waals surface area (Å²) in [5.74, 6) is -0.864. The topological polar surface area (TPSA) is 78.4 Å². The van der Waals surface area contributed by atoms with Crippen LogP contribution in [0.4, 0.5) is 10.5 Å². The molecule has 98 valence electrons. The second-order valence-electron chi connectivity index (χ2n) is 3.94. The Hall–Kier alpha value is -1.56. The normalized spacial score (nSPS) is 11.7. The fourth-order valence-electron chi connectivity index (χ4n) is 1.34. The zero-order valence-electron chi connectivity index (χ0n) is 9.94. The molecule has 0 bridgehead atoms. The minimum atomic E-state index is -0.864. The molecule has 1 aromatic rings. The standard InChI is InChI=1S/C12H15BrN2O3/c1-8(2-7-11(16)17)14-12(18)15-10-5-3-9(13)4-6-10/h3-6,8H,2,7H2,1H3,(H,16,17)(H2,14,15,18). The molecule has 0 radical (unpaired) electrons. The molecular weight excluding hydrogens is 300 g/mol. The summed E-state index contributed by atoms with van der Waals surface area (Å²) >= 11 is 3.30. The zero-order valence-corrected chi connectivity index (χ0v) is 11.5. The smallest absolute Gasteiger partial charge is 0.319 e. The number of carbonyl (C=O) groups excluding carboxylic acids is 1. The molecule has 0 aliphatic heterocycles. The summed E-state index contributed by atoms with van der Waals surface area (Å²) in [7, 11) is 0. The molecule has 18 heavy (non-hydrogen) atoms. The molecule has 0 heterocycles. The van der Waals surface area contributed by atoms with Crippen LogP contribution in [0.2, 0.25) is 0 Å². The molecule has 0 fully saturated rings. The highest BCUT2D eigenvalue weighted by Crippen LogP contribution is 2.13. The summed E-state index contributed by atoms with van der Waals surface area (Å²) in [6, 6.07) is 6.66. The minimum Gasteiger partial charge on any atom is -0.481 e. The average Bonchev–Trinajstić information content (AvgIpc) is 2.29. The van der Waals surface area contributed by atoms with Crippen molar-refractivity contribution >= 4 is 33.6 Å². The van der Waals surface area contributed by atoms with E-state index in [0.717, 1.165) is 4.47 Å². The Morgan fingerprint density at radius 2 is 1.94 bits per heavy atom. The summed E-state index contributed by atoms with van der Waals surface area (Å²) in [4.78, 5) is 22.0. The van der Waals surface area contributed by atoms with Gasteiger partial charge >= 0.3 is 12.0 Å². The molecule has 1 aromatic carbocycles. The third-order valence-corrected chi connectivity index (χ3v) is 2.80. The highest BCUT2D eigenvalue weighted by molar-refractivity contribution is 9.10. The number of hydrogen-bond donors (Lipinski definition) is 3. The molecule has 5 nitrogen and oxygen atoms in total. The fourth-order valence-corrected chi connectivity index (χ4v) is 1.60. The molecule has 0 aliphatic carbocycles. The number of amides is 2. The van der Waals surface area contributed by atoms with Crippen LogP contribution in [-0.4, -0.2) is 23.1 Å². The van der Waals surface area contributed by atoms with Crippen LogP contribution in [0.25, 0.3) is 0 Å². The Labute approximate surface area is 114 Å². The summed E-state index contributed by atoms with van der Waals surface area (Å²) in [5, 5.41) is 13.9. The summed E-state index contributed by atoms with van der Waals surface area (Å²) in [6.45, 7) is 1.77. The summed E-state index contributed by atoms with van der Waals surface area (Å²) in [5.41, 5.74) is 0.682. The second kappa shape index (κ2) is 7.00. The van der Waals surface area contributed by atoms with E-state index in [1.165, 1.54) is 0 Å². The average molecular weight is 315 g/mol. The monoisotopic (exact) mass is 314 g/mol. The Bertz CT molecular complexity index is 420. The van der Waals surface area contributed by atoms with Gasteiger partial charge in [-0.2, -0.15) is 0 Å². The first-order valence-corrected chi connectivity index (χ1v) is 6.31. The van der Waals surface area contributed by atoms with Gasteiger partial charge in [-0.1, -0.05) is 15.9 Å². The molecule has 1 unspecified atom stereocenters. The van der Waals surface area contributed by atoms with Crippen LogP contribution in [0.3, 0.4) is 0 Å². The van der Waals surface area contributed by atoms with Crippen LogP contribution >= 0.6 is 15.9 Å². The predicted octanol–water partition coefficient (Wildman–Crippen LogP) is 2.82. The van der Waals surface area contributed by atoms with Crippen LogP contribution in [0.5, 0.6) is 0 Å². The van der Waals surface area contributed by atoms with Gasteiger partial charge in [-0.25, -0.2) is 4.79 Å². The van der Waals surface area contributed by atoms with Crippen molar-refractivity contribution in [1.82, 2.24) is 5.32 Å². The third-order valence-electron chi connectivity index (χ3n) is 2.27. The van der Waals surface area contributed by atoms with Gasteiger partial charge in [-0.15, -0.1) is 0 Å². The lowest BCUT2D eigenvalue weighted by Crippen LogP contribution is -2.36. The van der Waals surface area contributed by atoms with Crippen molar-refractivity contribution in [3.8, 4) is 0 Å². The lowest BCUT2D eigenvalue weighted by atomic mass is 10.2. The van der Waals surface area contributed by atoms with Gasteiger partial charge < -0.3 is 15.7 Å². The Morgan fingerprint density at radius 3 is 2.50 bits per heavy atom. The number of urea groups is 1. The maximum absolute atomic E-state index is 11.6. The van der Waals surface area contributed by atoms with E-state index in [0.29, 0.717) is 12.1 Å². The van der Waals surface area contributed by atoms with Gasteiger partial charge in [0.1, 0.15) is 0 Å². The molecule has 2 amide bonds. The maximum atomic E-state index is 11.6. The number of carbonyl (C=O) groups is 2. The number of rotatable bonds is 5. The van der Waals surface area contributed by atoms with Gasteiger partial charge in [0, 0.05) is 22.6 Å². The predicted molar refractivity (Wildman–Crippen MR) is 72.6 cm³/mol. The highest BCUT2D eigenvalue weighted by Gasteiger charge is 2.09. The molecule has 1 rings (SSSR count). The van der Waals surface area contributed by atoms with Gasteiger partial charge in [-0.05, 0) is 37.6 Å². The molecule has 0 saturated heterocycles. The first-order valence-electron chi connectivity index (χ1n) is 5.52. The van der Waals surface area contributed by atoms with E-state index >= 15 is 0 Å². The Balaban J connectivity index is 2.37. The number of aliphatic carboxylic acids is 1.